The highest BCUT2D eigenvalue weighted by atomic mass is 16.5. The largest absolute Gasteiger partial charge is 0.497 e. The molecular weight excluding hydrogens is 356 g/mol. The van der Waals surface area contributed by atoms with E-state index in [1.165, 1.54) is 0 Å². The van der Waals surface area contributed by atoms with Gasteiger partial charge in [0.2, 0.25) is 5.91 Å². The zero-order chi connectivity index (χ0) is 20.4. The summed E-state index contributed by atoms with van der Waals surface area (Å²) in [7, 11) is 1.62. The zero-order valence-electron chi connectivity index (χ0n) is 16.6. The van der Waals surface area contributed by atoms with E-state index in [0.717, 1.165) is 16.9 Å². The van der Waals surface area contributed by atoms with Crippen LogP contribution in [-0.2, 0) is 22.6 Å². The molecule has 6 nitrogen and oxygen atoms in total. The molecule has 0 heterocycles. The van der Waals surface area contributed by atoms with E-state index in [4.69, 9.17) is 9.47 Å². The van der Waals surface area contributed by atoms with Gasteiger partial charge < -0.3 is 20.1 Å². The number of rotatable bonds is 9. The van der Waals surface area contributed by atoms with Gasteiger partial charge in [0, 0.05) is 6.54 Å². The zero-order valence-corrected chi connectivity index (χ0v) is 16.6. The van der Waals surface area contributed by atoms with Crippen molar-refractivity contribution in [2.45, 2.75) is 32.9 Å². The molecule has 0 spiro atoms. The summed E-state index contributed by atoms with van der Waals surface area (Å²) in [6, 6.07) is 16.4. The monoisotopic (exact) mass is 384 g/mol. The molecule has 0 radical (unpaired) electrons. The molecule has 0 saturated heterocycles. The third-order valence-corrected chi connectivity index (χ3v) is 4.31. The van der Waals surface area contributed by atoms with Gasteiger partial charge in [0.15, 0.2) is 0 Å². The summed E-state index contributed by atoms with van der Waals surface area (Å²) in [6.45, 7) is 4.40. The minimum atomic E-state index is -0.654. The lowest BCUT2D eigenvalue weighted by molar-refractivity contribution is -0.124. The molecule has 6 heteroatoms. The molecule has 2 N–H and O–H groups in total. The van der Waals surface area contributed by atoms with Gasteiger partial charge in [0.05, 0.1) is 7.11 Å². The predicted octanol–water partition coefficient (Wildman–Crippen LogP) is 3.30. The summed E-state index contributed by atoms with van der Waals surface area (Å²) >= 11 is 0. The lowest BCUT2D eigenvalue weighted by atomic mass is 10.0. The molecule has 0 aliphatic carbocycles. The first-order valence-corrected chi connectivity index (χ1v) is 9.37. The summed E-state index contributed by atoms with van der Waals surface area (Å²) < 4.78 is 10.3. The van der Waals surface area contributed by atoms with Crippen LogP contribution in [0.15, 0.2) is 54.6 Å². The fourth-order valence-electron chi connectivity index (χ4n) is 2.66. The van der Waals surface area contributed by atoms with Crippen LogP contribution in [0.25, 0.3) is 0 Å². The maximum Gasteiger partial charge on any atom is 0.408 e. The Kier molecular flexibility index (Phi) is 8.34. The quantitative estimate of drug-likeness (QED) is 0.695. The fourth-order valence-corrected chi connectivity index (χ4v) is 2.66. The van der Waals surface area contributed by atoms with Gasteiger partial charge in [-0.3, -0.25) is 4.79 Å². The Morgan fingerprint density at radius 2 is 1.64 bits per heavy atom. The number of nitrogens with one attached hydrogen (secondary N) is 2. The van der Waals surface area contributed by atoms with E-state index in [1.54, 1.807) is 7.11 Å². The molecule has 2 aromatic carbocycles. The van der Waals surface area contributed by atoms with Crippen LogP contribution in [0.3, 0.4) is 0 Å². The lowest BCUT2D eigenvalue weighted by Crippen LogP contribution is -2.50. The number of amides is 2. The number of methoxy groups -OCH3 is 1. The average Bonchev–Trinajstić information content (AvgIpc) is 2.71. The Morgan fingerprint density at radius 3 is 2.25 bits per heavy atom. The number of ether oxygens (including phenoxy) is 2. The van der Waals surface area contributed by atoms with Gasteiger partial charge in [-0.15, -0.1) is 0 Å². The molecular formula is C22H28N2O4. The van der Waals surface area contributed by atoms with Crippen LogP contribution in [0.5, 0.6) is 5.75 Å². The Bertz CT molecular complexity index is 745. The highest BCUT2D eigenvalue weighted by molar-refractivity contribution is 5.85. The molecule has 28 heavy (non-hydrogen) atoms. The van der Waals surface area contributed by atoms with E-state index in [0.29, 0.717) is 13.0 Å². The molecule has 0 bridgehead atoms. The number of carbonyl (C=O) groups is 2. The molecule has 0 aromatic heterocycles. The second-order valence-corrected chi connectivity index (χ2v) is 6.82. The Labute approximate surface area is 166 Å². The van der Waals surface area contributed by atoms with Crippen molar-refractivity contribution in [3.05, 3.63) is 65.7 Å². The molecule has 0 unspecified atom stereocenters. The highest BCUT2D eigenvalue weighted by Gasteiger charge is 2.24. The first kappa shape index (κ1) is 21.3. The topological polar surface area (TPSA) is 76.7 Å². The predicted molar refractivity (Wildman–Crippen MR) is 108 cm³/mol. The first-order chi connectivity index (χ1) is 13.5. The third kappa shape index (κ3) is 6.95. The van der Waals surface area contributed by atoms with Crippen LogP contribution in [0.1, 0.15) is 25.0 Å². The molecule has 1 atom stereocenters. The van der Waals surface area contributed by atoms with E-state index in [1.807, 2.05) is 68.4 Å². The Hall–Kier alpha value is -3.02. The maximum absolute atomic E-state index is 12.5. The number of hydrogen-bond acceptors (Lipinski definition) is 4. The van der Waals surface area contributed by atoms with Crippen molar-refractivity contribution in [2.24, 2.45) is 5.92 Å². The van der Waals surface area contributed by atoms with Crippen LogP contribution in [0.2, 0.25) is 0 Å². The average molecular weight is 384 g/mol. The second kappa shape index (κ2) is 11.0. The van der Waals surface area contributed by atoms with Gasteiger partial charge in [-0.1, -0.05) is 56.3 Å². The minimum absolute atomic E-state index is 0.0646. The van der Waals surface area contributed by atoms with E-state index in [-0.39, 0.29) is 18.4 Å². The van der Waals surface area contributed by atoms with Crippen molar-refractivity contribution in [1.29, 1.82) is 0 Å². The summed E-state index contributed by atoms with van der Waals surface area (Å²) in [4.78, 5) is 24.5. The second-order valence-electron chi connectivity index (χ2n) is 6.82. The summed E-state index contributed by atoms with van der Waals surface area (Å²) in [5.41, 5.74) is 1.99. The smallest absolute Gasteiger partial charge is 0.408 e. The lowest BCUT2D eigenvalue weighted by Gasteiger charge is -2.21. The molecule has 150 valence electrons. The number of alkyl carbamates (subject to hydrolysis) is 1. The van der Waals surface area contributed by atoms with E-state index < -0.39 is 12.1 Å². The molecule has 2 aromatic rings. The molecule has 0 aliphatic rings. The van der Waals surface area contributed by atoms with Crippen LogP contribution in [0, 0.1) is 5.92 Å². The van der Waals surface area contributed by atoms with Crippen molar-refractivity contribution < 1.29 is 19.1 Å². The SMILES string of the molecule is COc1ccc(CCNC(=O)[C@@H](NC(=O)OCc2ccccc2)C(C)C)cc1. The first-order valence-electron chi connectivity index (χ1n) is 9.37. The summed E-state index contributed by atoms with van der Waals surface area (Å²) in [6.07, 6.45) is 0.0896. The molecule has 0 fully saturated rings. The van der Waals surface area contributed by atoms with Crippen LogP contribution < -0.4 is 15.4 Å². The normalized spacial score (nSPS) is 11.6. The summed E-state index contributed by atoms with van der Waals surface area (Å²) in [5, 5.41) is 5.54. The van der Waals surface area contributed by atoms with Crippen LogP contribution in [0.4, 0.5) is 4.79 Å². The van der Waals surface area contributed by atoms with Crippen molar-refractivity contribution in [1.82, 2.24) is 10.6 Å². The highest BCUT2D eigenvalue weighted by Crippen LogP contribution is 2.11. The van der Waals surface area contributed by atoms with Gasteiger partial charge in [-0.25, -0.2) is 4.79 Å². The molecule has 0 aliphatic heterocycles. The van der Waals surface area contributed by atoms with Gasteiger partial charge in [-0.05, 0) is 35.6 Å². The molecule has 2 rings (SSSR count). The maximum atomic E-state index is 12.5. The minimum Gasteiger partial charge on any atom is -0.497 e. The van der Waals surface area contributed by atoms with E-state index in [2.05, 4.69) is 10.6 Å². The van der Waals surface area contributed by atoms with Crippen molar-refractivity contribution in [2.75, 3.05) is 13.7 Å². The van der Waals surface area contributed by atoms with Gasteiger partial charge >= 0.3 is 6.09 Å². The van der Waals surface area contributed by atoms with E-state index >= 15 is 0 Å². The number of benzene rings is 2. The van der Waals surface area contributed by atoms with Gasteiger partial charge in [0.25, 0.3) is 0 Å². The third-order valence-electron chi connectivity index (χ3n) is 4.31. The van der Waals surface area contributed by atoms with E-state index in [9.17, 15) is 9.59 Å². The Balaban J connectivity index is 1.79. The molecule has 2 amide bonds. The van der Waals surface area contributed by atoms with Crippen LogP contribution >= 0.6 is 0 Å². The van der Waals surface area contributed by atoms with Crippen molar-refractivity contribution in [3.8, 4) is 5.75 Å². The van der Waals surface area contributed by atoms with Crippen LogP contribution in [-0.4, -0.2) is 31.7 Å². The van der Waals surface area contributed by atoms with Crippen molar-refractivity contribution in [3.63, 3.8) is 0 Å². The van der Waals surface area contributed by atoms with Gasteiger partial charge in [0.1, 0.15) is 18.4 Å². The van der Waals surface area contributed by atoms with Gasteiger partial charge in [-0.2, -0.15) is 0 Å². The standard InChI is InChI=1S/C22H28N2O4/c1-16(2)20(24-22(26)28-15-18-7-5-4-6-8-18)21(25)23-14-13-17-9-11-19(27-3)12-10-17/h4-12,16,20H,13-15H2,1-3H3,(H,23,25)(H,24,26)/t20-/m0/s1. The number of carbonyl (C=O) groups excluding carboxylic acids is 2. The molecule has 0 saturated carbocycles. The number of hydrogen-bond donors (Lipinski definition) is 2. The Morgan fingerprint density at radius 1 is 0.964 bits per heavy atom. The summed E-state index contributed by atoms with van der Waals surface area (Å²) in [5.74, 6) is 0.510. The fraction of sp³-hybridized carbons (Fsp3) is 0.364. The van der Waals surface area contributed by atoms with Crippen molar-refractivity contribution >= 4 is 12.0 Å².